The van der Waals surface area contributed by atoms with E-state index in [1.165, 1.54) is 28.7 Å². The van der Waals surface area contributed by atoms with Gasteiger partial charge in [0.1, 0.15) is 5.82 Å². The Labute approximate surface area is 231 Å². The monoisotopic (exact) mass is 567 g/mol. The Balaban J connectivity index is 1.57. The molecule has 0 unspecified atom stereocenters. The van der Waals surface area contributed by atoms with E-state index in [0.29, 0.717) is 11.1 Å². The maximum absolute atomic E-state index is 13.0. The van der Waals surface area contributed by atoms with Crippen LogP contribution in [-0.4, -0.2) is 46.8 Å². The lowest BCUT2D eigenvalue weighted by atomic mass is 10.2. The van der Waals surface area contributed by atoms with E-state index < -0.39 is 43.6 Å². The first-order valence-electron chi connectivity index (χ1n) is 12.8. The zero-order valence-corrected chi connectivity index (χ0v) is 22.9. The van der Waals surface area contributed by atoms with E-state index in [1.54, 1.807) is 74.5 Å². The van der Waals surface area contributed by atoms with Crippen LogP contribution in [0.4, 0.5) is 5.82 Å². The molecule has 0 spiro atoms. The zero-order valence-electron chi connectivity index (χ0n) is 22.0. The van der Waals surface area contributed by atoms with Crippen LogP contribution in [0.5, 0.6) is 0 Å². The van der Waals surface area contributed by atoms with Gasteiger partial charge in [-0.15, -0.1) is 0 Å². The second-order valence-corrected chi connectivity index (χ2v) is 10.5. The van der Waals surface area contributed by atoms with E-state index in [0.717, 1.165) is 0 Å². The highest BCUT2D eigenvalue weighted by Gasteiger charge is 2.39. The van der Waals surface area contributed by atoms with Gasteiger partial charge in [-0.05, 0) is 50.3 Å². The Hall–Kier alpha value is -3.89. The van der Waals surface area contributed by atoms with Crippen LogP contribution >= 0.6 is 7.60 Å². The summed E-state index contributed by atoms with van der Waals surface area (Å²) in [5.74, 6) is 0.352. The third-order valence-electron chi connectivity index (χ3n) is 5.85. The van der Waals surface area contributed by atoms with Crippen molar-refractivity contribution in [2.45, 2.75) is 38.7 Å². The molecule has 1 amide bonds. The molecule has 2 aromatic carbocycles. The van der Waals surface area contributed by atoms with Gasteiger partial charge in [-0.25, -0.2) is 9.59 Å². The summed E-state index contributed by atoms with van der Waals surface area (Å²) in [6.07, 6.45) is 0.475. The predicted octanol–water partition coefficient (Wildman–Crippen LogP) is 4.79. The summed E-state index contributed by atoms with van der Waals surface area (Å²) in [5.41, 5.74) is 0.0175. The SMILES string of the molecule is CCOP(=O)(C=C[C@@H]1C[C@@H](OC(=O)c2ccccc2)[C@H](n2ccc(NC(=O)c3ccccc3)nc2=O)O1)OCC. The van der Waals surface area contributed by atoms with E-state index in [9.17, 15) is 18.9 Å². The highest BCUT2D eigenvalue weighted by atomic mass is 31.2. The lowest BCUT2D eigenvalue weighted by Crippen LogP contribution is -2.34. The van der Waals surface area contributed by atoms with Crippen molar-refractivity contribution in [1.82, 2.24) is 9.55 Å². The van der Waals surface area contributed by atoms with Gasteiger partial charge < -0.3 is 23.8 Å². The molecule has 1 N–H and O–H groups in total. The van der Waals surface area contributed by atoms with E-state index >= 15 is 0 Å². The number of carbonyl (C=O) groups is 2. The maximum Gasteiger partial charge on any atom is 0.353 e. The van der Waals surface area contributed by atoms with Crippen molar-refractivity contribution in [3.63, 3.8) is 0 Å². The van der Waals surface area contributed by atoms with E-state index in [2.05, 4.69) is 10.3 Å². The summed E-state index contributed by atoms with van der Waals surface area (Å²) in [5, 5.41) is 2.59. The number of carbonyl (C=O) groups excluding carboxylic acids is 2. The van der Waals surface area contributed by atoms with Crippen molar-refractivity contribution in [3.05, 3.63) is 106 Å². The molecule has 0 saturated carbocycles. The first kappa shape index (κ1) is 29.1. The van der Waals surface area contributed by atoms with Crippen molar-refractivity contribution in [3.8, 4) is 0 Å². The fourth-order valence-corrected chi connectivity index (χ4v) is 5.43. The molecule has 3 aromatic rings. The Morgan fingerprint density at radius 1 is 1.02 bits per heavy atom. The summed E-state index contributed by atoms with van der Waals surface area (Å²) >= 11 is 0. The van der Waals surface area contributed by atoms with Crippen LogP contribution in [0.3, 0.4) is 0 Å². The number of ether oxygens (including phenoxy) is 2. The molecule has 1 aliphatic rings. The second-order valence-electron chi connectivity index (χ2n) is 8.65. The van der Waals surface area contributed by atoms with Gasteiger partial charge in [0.25, 0.3) is 5.91 Å². The fourth-order valence-electron chi connectivity index (χ4n) is 4.06. The maximum atomic E-state index is 13.0. The van der Waals surface area contributed by atoms with Gasteiger partial charge in [0.2, 0.25) is 0 Å². The van der Waals surface area contributed by atoms with Crippen LogP contribution in [0.15, 0.2) is 89.6 Å². The van der Waals surface area contributed by atoms with Crippen molar-refractivity contribution < 1.29 is 32.7 Å². The molecule has 1 saturated heterocycles. The van der Waals surface area contributed by atoms with Crippen molar-refractivity contribution in [2.24, 2.45) is 0 Å². The molecule has 1 aliphatic heterocycles. The molecule has 0 radical (unpaired) electrons. The summed E-state index contributed by atoms with van der Waals surface area (Å²) in [4.78, 5) is 42.3. The molecule has 40 heavy (non-hydrogen) atoms. The molecule has 2 heterocycles. The number of benzene rings is 2. The minimum atomic E-state index is -3.50. The molecular weight excluding hydrogens is 537 g/mol. The van der Waals surface area contributed by atoms with E-state index in [-0.39, 0.29) is 25.5 Å². The molecule has 4 rings (SSSR count). The molecule has 1 fully saturated rings. The van der Waals surface area contributed by atoms with Gasteiger partial charge in [-0.2, -0.15) is 4.98 Å². The normalized spacial score (nSPS) is 19.0. The number of anilines is 1. The van der Waals surface area contributed by atoms with Gasteiger partial charge >= 0.3 is 19.3 Å². The molecule has 0 aliphatic carbocycles. The number of hydrogen-bond acceptors (Lipinski definition) is 9. The Morgan fingerprint density at radius 3 is 2.25 bits per heavy atom. The Kier molecular flexibility index (Phi) is 9.79. The number of amides is 1. The lowest BCUT2D eigenvalue weighted by molar-refractivity contribution is -0.0421. The average molecular weight is 568 g/mol. The van der Waals surface area contributed by atoms with Crippen LogP contribution < -0.4 is 11.0 Å². The standard InChI is InChI=1S/C28H30N3O8P/c1-3-36-40(35,37-4-2)18-16-22-19-23(39-27(33)21-13-9-6-10-14-21)26(38-22)31-17-15-24(30-28(31)34)29-25(32)20-11-7-5-8-12-20/h5-18,22-23,26H,3-4,19H2,1-2H3,(H,29,30,32,34)/t22-,23-,26-/m1/s1. The van der Waals surface area contributed by atoms with Gasteiger partial charge in [0.15, 0.2) is 12.3 Å². The van der Waals surface area contributed by atoms with Crippen LogP contribution in [0, 0.1) is 0 Å². The topological polar surface area (TPSA) is 135 Å². The van der Waals surface area contributed by atoms with Gasteiger partial charge in [0, 0.05) is 24.0 Å². The van der Waals surface area contributed by atoms with Crippen molar-refractivity contribution >= 4 is 25.3 Å². The van der Waals surface area contributed by atoms with Crippen LogP contribution in [-0.2, 0) is 23.1 Å². The van der Waals surface area contributed by atoms with Gasteiger partial charge in [0.05, 0.1) is 24.9 Å². The average Bonchev–Trinajstić information content (AvgIpc) is 3.35. The summed E-state index contributed by atoms with van der Waals surface area (Å²) in [6.45, 7) is 3.76. The first-order chi connectivity index (χ1) is 19.3. The first-order valence-corrected chi connectivity index (χ1v) is 14.4. The van der Waals surface area contributed by atoms with Crippen LogP contribution in [0.25, 0.3) is 0 Å². The summed E-state index contributed by atoms with van der Waals surface area (Å²) in [6, 6.07) is 18.4. The largest absolute Gasteiger partial charge is 0.454 e. The highest BCUT2D eigenvalue weighted by molar-refractivity contribution is 7.57. The quantitative estimate of drug-likeness (QED) is 0.256. The lowest BCUT2D eigenvalue weighted by Gasteiger charge is -2.21. The molecular formula is C28H30N3O8P. The predicted molar refractivity (Wildman–Crippen MR) is 147 cm³/mol. The number of hydrogen-bond donors (Lipinski definition) is 1. The Bertz CT molecular complexity index is 1430. The number of esters is 1. The van der Waals surface area contributed by atoms with Crippen molar-refractivity contribution in [2.75, 3.05) is 18.5 Å². The molecule has 3 atom stereocenters. The molecule has 210 valence electrons. The van der Waals surface area contributed by atoms with Gasteiger partial charge in [-0.1, -0.05) is 36.4 Å². The van der Waals surface area contributed by atoms with E-state index in [4.69, 9.17) is 18.5 Å². The molecule has 12 heteroatoms. The summed E-state index contributed by atoms with van der Waals surface area (Å²) in [7, 11) is -3.50. The number of nitrogens with one attached hydrogen (secondary N) is 1. The van der Waals surface area contributed by atoms with Crippen LogP contribution in [0.2, 0.25) is 0 Å². The molecule has 0 bridgehead atoms. The minimum Gasteiger partial charge on any atom is -0.454 e. The second kappa shape index (κ2) is 13.5. The smallest absolute Gasteiger partial charge is 0.353 e. The third-order valence-corrected chi connectivity index (χ3v) is 7.62. The molecule has 1 aromatic heterocycles. The van der Waals surface area contributed by atoms with Crippen LogP contribution in [0.1, 0.15) is 47.2 Å². The van der Waals surface area contributed by atoms with Gasteiger partial charge in [-0.3, -0.25) is 13.9 Å². The number of nitrogens with zero attached hydrogens (tertiary/aromatic N) is 2. The molecule has 11 nitrogen and oxygen atoms in total. The zero-order chi connectivity index (χ0) is 28.5. The minimum absolute atomic E-state index is 0.0525. The number of rotatable bonds is 11. The fraction of sp³-hybridized carbons (Fsp3) is 0.286. The third kappa shape index (κ3) is 7.40. The number of aromatic nitrogens is 2. The highest BCUT2D eigenvalue weighted by Crippen LogP contribution is 2.50. The van der Waals surface area contributed by atoms with E-state index in [1.807, 2.05) is 0 Å². The summed E-state index contributed by atoms with van der Waals surface area (Å²) < 4.78 is 36.4. The van der Waals surface area contributed by atoms with Crippen molar-refractivity contribution in [1.29, 1.82) is 0 Å². The Morgan fingerprint density at radius 2 is 1.65 bits per heavy atom.